The molecule has 1 unspecified atom stereocenters. The van der Waals surface area contributed by atoms with Gasteiger partial charge in [-0.2, -0.15) is 0 Å². The zero-order valence-corrected chi connectivity index (χ0v) is 12.3. The van der Waals surface area contributed by atoms with Crippen molar-refractivity contribution in [1.29, 1.82) is 0 Å². The van der Waals surface area contributed by atoms with E-state index >= 15 is 0 Å². The van der Waals surface area contributed by atoms with Crippen LogP contribution in [-0.4, -0.2) is 7.11 Å². The minimum absolute atomic E-state index is 0.384. The molecule has 0 spiro atoms. The zero-order chi connectivity index (χ0) is 12.3. The van der Waals surface area contributed by atoms with Crippen molar-refractivity contribution in [2.75, 3.05) is 7.11 Å². The predicted molar refractivity (Wildman–Crippen MR) is 77.4 cm³/mol. The standard InChI is InChI=1S/C14H15BrOS/c1-10-6-7-17-14(10)13(15)9-11-4-3-5-12(8-11)16-2/h3-8,13H,9H2,1-2H3. The maximum absolute atomic E-state index is 5.24. The summed E-state index contributed by atoms with van der Waals surface area (Å²) in [5.74, 6) is 0.921. The van der Waals surface area contributed by atoms with E-state index in [2.05, 4.69) is 46.4 Å². The van der Waals surface area contributed by atoms with Crippen molar-refractivity contribution in [2.45, 2.75) is 18.2 Å². The summed E-state index contributed by atoms with van der Waals surface area (Å²) in [4.78, 5) is 1.79. The molecular weight excluding hydrogens is 296 g/mol. The molecule has 0 amide bonds. The van der Waals surface area contributed by atoms with Crippen LogP contribution >= 0.6 is 27.3 Å². The first kappa shape index (κ1) is 12.7. The van der Waals surface area contributed by atoms with Gasteiger partial charge in [0.25, 0.3) is 0 Å². The Labute approximate surface area is 115 Å². The number of benzene rings is 1. The van der Waals surface area contributed by atoms with Gasteiger partial charge in [0.1, 0.15) is 5.75 Å². The summed E-state index contributed by atoms with van der Waals surface area (Å²) in [5.41, 5.74) is 2.65. The second kappa shape index (κ2) is 5.69. The van der Waals surface area contributed by atoms with Gasteiger partial charge in [-0.05, 0) is 48.1 Å². The van der Waals surface area contributed by atoms with Gasteiger partial charge in [0.2, 0.25) is 0 Å². The molecule has 1 aromatic heterocycles. The highest BCUT2D eigenvalue weighted by molar-refractivity contribution is 9.09. The van der Waals surface area contributed by atoms with Gasteiger partial charge < -0.3 is 4.74 Å². The third kappa shape index (κ3) is 3.11. The van der Waals surface area contributed by atoms with Crippen molar-refractivity contribution in [3.8, 4) is 5.75 Å². The lowest BCUT2D eigenvalue weighted by molar-refractivity contribution is 0.414. The summed E-state index contributed by atoms with van der Waals surface area (Å²) < 4.78 is 5.24. The highest BCUT2D eigenvalue weighted by Crippen LogP contribution is 2.33. The van der Waals surface area contributed by atoms with E-state index in [0.717, 1.165) is 12.2 Å². The Morgan fingerprint density at radius 2 is 2.18 bits per heavy atom. The molecule has 1 aromatic carbocycles. The Hall–Kier alpha value is -0.800. The first-order valence-electron chi connectivity index (χ1n) is 5.51. The number of ether oxygens (including phenoxy) is 1. The summed E-state index contributed by atoms with van der Waals surface area (Å²) in [6.07, 6.45) is 0.985. The number of methoxy groups -OCH3 is 1. The van der Waals surface area contributed by atoms with Gasteiger partial charge in [0, 0.05) is 4.88 Å². The molecule has 1 atom stereocenters. The molecule has 1 nitrogen and oxygen atoms in total. The lowest BCUT2D eigenvalue weighted by atomic mass is 10.1. The Bertz CT molecular complexity index is 492. The molecular formula is C14H15BrOS. The molecule has 0 saturated carbocycles. The number of hydrogen-bond donors (Lipinski definition) is 0. The monoisotopic (exact) mass is 310 g/mol. The Morgan fingerprint density at radius 3 is 2.82 bits per heavy atom. The fourth-order valence-corrected chi connectivity index (χ4v) is 3.77. The number of aryl methyl sites for hydroxylation is 1. The fraction of sp³-hybridized carbons (Fsp3) is 0.286. The van der Waals surface area contributed by atoms with Gasteiger partial charge in [0.05, 0.1) is 11.9 Å². The van der Waals surface area contributed by atoms with Crippen LogP contribution < -0.4 is 4.74 Å². The largest absolute Gasteiger partial charge is 0.497 e. The van der Waals surface area contributed by atoms with Crippen LogP contribution in [0.4, 0.5) is 0 Å². The van der Waals surface area contributed by atoms with E-state index in [4.69, 9.17) is 4.74 Å². The SMILES string of the molecule is COc1cccc(CC(Br)c2sccc2C)c1. The molecule has 17 heavy (non-hydrogen) atoms. The molecule has 0 aliphatic heterocycles. The van der Waals surface area contributed by atoms with E-state index in [1.807, 2.05) is 23.5 Å². The van der Waals surface area contributed by atoms with Crippen LogP contribution in [0.25, 0.3) is 0 Å². The third-order valence-corrected chi connectivity index (χ3v) is 4.95. The minimum atomic E-state index is 0.384. The molecule has 0 aliphatic rings. The Morgan fingerprint density at radius 1 is 1.35 bits per heavy atom. The average Bonchev–Trinajstić information content (AvgIpc) is 2.76. The van der Waals surface area contributed by atoms with Crippen LogP contribution in [0.5, 0.6) is 5.75 Å². The summed E-state index contributed by atoms with van der Waals surface area (Å²) >= 11 is 5.58. The number of halogens is 1. The van der Waals surface area contributed by atoms with Crippen molar-refractivity contribution < 1.29 is 4.74 Å². The van der Waals surface area contributed by atoms with Gasteiger partial charge in [0.15, 0.2) is 0 Å². The van der Waals surface area contributed by atoms with Gasteiger partial charge in [-0.15, -0.1) is 11.3 Å². The quantitative estimate of drug-likeness (QED) is 0.741. The van der Waals surface area contributed by atoms with E-state index in [1.54, 1.807) is 7.11 Å². The molecule has 2 rings (SSSR count). The molecule has 0 saturated heterocycles. The first-order valence-corrected chi connectivity index (χ1v) is 7.31. The third-order valence-electron chi connectivity index (χ3n) is 2.74. The molecule has 0 radical (unpaired) electrons. The summed E-state index contributed by atoms with van der Waals surface area (Å²) in [7, 11) is 1.70. The fourth-order valence-electron chi connectivity index (χ4n) is 1.80. The zero-order valence-electron chi connectivity index (χ0n) is 9.94. The number of alkyl halides is 1. The van der Waals surface area contributed by atoms with E-state index in [-0.39, 0.29) is 0 Å². The normalized spacial score (nSPS) is 12.4. The summed E-state index contributed by atoms with van der Waals surface area (Å²) in [6.45, 7) is 2.16. The molecule has 90 valence electrons. The van der Waals surface area contributed by atoms with Crippen LogP contribution in [0.3, 0.4) is 0 Å². The predicted octanol–water partition coefficient (Wildman–Crippen LogP) is 4.74. The molecule has 0 N–H and O–H groups in total. The Kier molecular flexibility index (Phi) is 4.24. The van der Waals surface area contributed by atoms with Crippen molar-refractivity contribution >= 4 is 27.3 Å². The number of thiophene rings is 1. The van der Waals surface area contributed by atoms with Gasteiger partial charge >= 0.3 is 0 Å². The highest BCUT2D eigenvalue weighted by atomic mass is 79.9. The van der Waals surface area contributed by atoms with Crippen LogP contribution in [0.15, 0.2) is 35.7 Å². The molecule has 2 aromatic rings. The van der Waals surface area contributed by atoms with E-state index < -0.39 is 0 Å². The lowest BCUT2D eigenvalue weighted by Crippen LogP contribution is -1.95. The second-order valence-electron chi connectivity index (χ2n) is 3.99. The van der Waals surface area contributed by atoms with Gasteiger partial charge in [-0.3, -0.25) is 0 Å². The highest BCUT2D eigenvalue weighted by Gasteiger charge is 2.12. The van der Waals surface area contributed by atoms with Gasteiger partial charge in [-0.1, -0.05) is 28.1 Å². The van der Waals surface area contributed by atoms with Crippen LogP contribution in [-0.2, 0) is 6.42 Å². The van der Waals surface area contributed by atoms with E-state index in [1.165, 1.54) is 16.0 Å². The molecule has 3 heteroatoms. The lowest BCUT2D eigenvalue weighted by Gasteiger charge is -2.10. The van der Waals surface area contributed by atoms with Crippen molar-refractivity contribution in [1.82, 2.24) is 0 Å². The van der Waals surface area contributed by atoms with Crippen LogP contribution in [0, 0.1) is 6.92 Å². The Balaban J connectivity index is 2.13. The van der Waals surface area contributed by atoms with Crippen molar-refractivity contribution in [3.05, 3.63) is 51.7 Å². The second-order valence-corrected chi connectivity index (χ2v) is 6.04. The summed E-state index contributed by atoms with van der Waals surface area (Å²) in [5, 5.41) is 2.14. The number of rotatable bonds is 4. The molecule has 0 fully saturated rings. The minimum Gasteiger partial charge on any atom is -0.497 e. The van der Waals surface area contributed by atoms with E-state index in [9.17, 15) is 0 Å². The van der Waals surface area contributed by atoms with Crippen LogP contribution in [0.2, 0.25) is 0 Å². The maximum atomic E-state index is 5.24. The smallest absolute Gasteiger partial charge is 0.119 e. The molecule has 0 aliphatic carbocycles. The first-order chi connectivity index (χ1) is 8.20. The van der Waals surface area contributed by atoms with E-state index in [0.29, 0.717) is 4.83 Å². The average molecular weight is 311 g/mol. The summed E-state index contributed by atoms with van der Waals surface area (Å²) in [6, 6.07) is 10.4. The molecule has 1 heterocycles. The van der Waals surface area contributed by atoms with Crippen molar-refractivity contribution in [3.63, 3.8) is 0 Å². The topological polar surface area (TPSA) is 9.23 Å². The number of hydrogen-bond acceptors (Lipinski definition) is 2. The maximum Gasteiger partial charge on any atom is 0.119 e. The van der Waals surface area contributed by atoms with Crippen molar-refractivity contribution in [2.24, 2.45) is 0 Å². The van der Waals surface area contributed by atoms with Gasteiger partial charge in [-0.25, -0.2) is 0 Å². The van der Waals surface area contributed by atoms with Crippen LogP contribution in [0.1, 0.15) is 20.8 Å². The molecule has 0 bridgehead atoms.